The van der Waals surface area contributed by atoms with E-state index in [1.54, 1.807) is 12.2 Å². The summed E-state index contributed by atoms with van der Waals surface area (Å²) in [5.74, 6) is -1.71. The molecule has 0 aromatic rings. The monoisotopic (exact) mass is 171 g/mol. The normalized spacial score (nSPS) is 11.1. The van der Waals surface area contributed by atoms with Gasteiger partial charge in [0.1, 0.15) is 0 Å². The summed E-state index contributed by atoms with van der Waals surface area (Å²) >= 11 is 0. The third-order valence-electron chi connectivity index (χ3n) is 1.00. The van der Waals surface area contributed by atoms with Crippen molar-refractivity contribution >= 4 is 11.9 Å². The Kier molecular flexibility index (Phi) is 4.41. The minimum atomic E-state index is -1.43. The number of hydrogen-bond acceptors (Lipinski definition) is 5. The van der Waals surface area contributed by atoms with Crippen molar-refractivity contribution in [2.45, 2.75) is 13.0 Å². The zero-order chi connectivity index (χ0) is 9.56. The Morgan fingerprint density at radius 3 is 2.75 bits per heavy atom. The number of nitrogens with zero attached hydrogens (tertiary/aromatic N) is 1. The molecule has 0 bridgehead atoms. The lowest BCUT2D eigenvalue weighted by Crippen LogP contribution is -2.45. The SMILES string of the molecule is CCOC(=O)C(N)C(=O)NC#N. The molecular weight excluding hydrogens is 162 g/mol. The van der Waals surface area contributed by atoms with Crippen LogP contribution in [0.25, 0.3) is 0 Å². The third-order valence-corrected chi connectivity index (χ3v) is 1.00. The van der Waals surface area contributed by atoms with Gasteiger partial charge in [0.15, 0.2) is 12.2 Å². The first kappa shape index (κ1) is 10.4. The van der Waals surface area contributed by atoms with Crippen LogP contribution in [0, 0.1) is 11.5 Å². The Balaban J connectivity index is 4.02. The maximum Gasteiger partial charge on any atom is 0.332 e. The number of nitrogens with one attached hydrogen (secondary N) is 1. The second kappa shape index (κ2) is 5.09. The second-order valence-electron chi connectivity index (χ2n) is 1.83. The first-order valence-electron chi connectivity index (χ1n) is 3.24. The fraction of sp³-hybridized carbons (Fsp3) is 0.500. The highest BCUT2D eigenvalue weighted by Crippen LogP contribution is 1.85. The van der Waals surface area contributed by atoms with Crippen LogP contribution in [0.5, 0.6) is 0 Å². The van der Waals surface area contributed by atoms with Gasteiger partial charge in [-0.1, -0.05) is 0 Å². The number of amides is 1. The number of nitriles is 1. The van der Waals surface area contributed by atoms with Crippen LogP contribution in [0.4, 0.5) is 0 Å². The molecule has 0 aliphatic rings. The molecule has 0 saturated heterocycles. The molecule has 6 heteroatoms. The molecule has 0 aromatic carbocycles. The van der Waals surface area contributed by atoms with Crippen LogP contribution in [0.15, 0.2) is 0 Å². The Bertz CT molecular complexity index is 221. The third kappa shape index (κ3) is 2.98. The van der Waals surface area contributed by atoms with E-state index in [1.165, 1.54) is 6.19 Å². The maximum absolute atomic E-state index is 10.7. The van der Waals surface area contributed by atoms with Gasteiger partial charge in [0.25, 0.3) is 5.91 Å². The predicted octanol–water partition coefficient (Wildman–Crippen LogP) is -1.53. The van der Waals surface area contributed by atoms with Crippen molar-refractivity contribution in [3.8, 4) is 6.19 Å². The van der Waals surface area contributed by atoms with E-state index in [-0.39, 0.29) is 6.61 Å². The molecule has 1 atom stereocenters. The highest BCUT2D eigenvalue weighted by atomic mass is 16.5. The molecule has 6 nitrogen and oxygen atoms in total. The van der Waals surface area contributed by atoms with Crippen molar-refractivity contribution < 1.29 is 14.3 Å². The molecule has 66 valence electrons. The highest BCUT2D eigenvalue weighted by molar-refractivity contribution is 6.02. The zero-order valence-corrected chi connectivity index (χ0v) is 6.53. The van der Waals surface area contributed by atoms with Gasteiger partial charge in [-0.15, -0.1) is 0 Å². The molecule has 0 spiro atoms. The van der Waals surface area contributed by atoms with E-state index < -0.39 is 17.9 Å². The maximum atomic E-state index is 10.7. The summed E-state index contributed by atoms with van der Waals surface area (Å²) in [6.45, 7) is 1.74. The van der Waals surface area contributed by atoms with Gasteiger partial charge in [0.2, 0.25) is 0 Å². The van der Waals surface area contributed by atoms with Gasteiger partial charge in [-0.25, -0.2) is 4.79 Å². The van der Waals surface area contributed by atoms with Gasteiger partial charge in [-0.3, -0.25) is 10.1 Å². The largest absolute Gasteiger partial charge is 0.464 e. The number of nitrogens with two attached hydrogens (primary N) is 1. The summed E-state index contributed by atoms with van der Waals surface area (Å²) in [4.78, 5) is 21.4. The lowest BCUT2D eigenvalue weighted by Gasteiger charge is -2.06. The quantitative estimate of drug-likeness (QED) is 0.232. The van der Waals surface area contributed by atoms with Crippen LogP contribution in [0.2, 0.25) is 0 Å². The van der Waals surface area contributed by atoms with E-state index in [1.807, 2.05) is 0 Å². The van der Waals surface area contributed by atoms with Gasteiger partial charge in [0.05, 0.1) is 6.61 Å². The first-order valence-corrected chi connectivity index (χ1v) is 3.24. The standard InChI is InChI=1S/C6H9N3O3/c1-2-12-6(11)4(8)5(10)9-3-7/h4H,2,8H2,1H3,(H,9,10). The predicted molar refractivity (Wildman–Crippen MR) is 38.4 cm³/mol. The molecule has 3 N–H and O–H groups in total. The average molecular weight is 171 g/mol. The summed E-state index contributed by atoms with van der Waals surface area (Å²) in [5.41, 5.74) is 5.10. The summed E-state index contributed by atoms with van der Waals surface area (Å²) < 4.78 is 4.44. The molecule has 0 aliphatic heterocycles. The van der Waals surface area contributed by atoms with E-state index in [0.717, 1.165) is 0 Å². The Hall–Kier alpha value is -1.61. The summed E-state index contributed by atoms with van der Waals surface area (Å²) in [6.07, 6.45) is 1.36. The van der Waals surface area contributed by atoms with Crippen LogP contribution in [-0.2, 0) is 14.3 Å². The lowest BCUT2D eigenvalue weighted by atomic mass is 10.3. The smallest absolute Gasteiger partial charge is 0.332 e. The molecule has 0 aliphatic carbocycles. The first-order chi connectivity index (χ1) is 5.63. The zero-order valence-electron chi connectivity index (χ0n) is 6.53. The summed E-state index contributed by atoms with van der Waals surface area (Å²) in [7, 11) is 0. The molecule has 0 radical (unpaired) electrons. The number of ether oxygens (including phenoxy) is 1. The Morgan fingerprint density at radius 2 is 2.33 bits per heavy atom. The molecule has 0 rings (SSSR count). The fourth-order valence-electron chi connectivity index (χ4n) is 0.472. The molecule has 0 fully saturated rings. The molecule has 1 amide bonds. The number of hydrogen-bond donors (Lipinski definition) is 2. The molecule has 0 heterocycles. The Labute approximate surface area is 69.3 Å². The van der Waals surface area contributed by atoms with E-state index in [0.29, 0.717) is 0 Å². The van der Waals surface area contributed by atoms with Gasteiger partial charge in [-0.05, 0) is 6.92 Å². The number of rotatable bonds is 3. The number of esters is 1. The highest BCUT2D eigenvalue weighted by Gasteiger charge is 2.22. The summed E-state index contributed by atoms with van der Waals surface area (Å²) in [5, 5.41) is 9.73. The van der Waals surface area contributed by atoms with Crippen molar-refractivity contribution in [3.05, 3.63) is 0 Å². The number of carbonyl (C=O) groups excluding carboxylic acids is 2. The van der Waals surface area contributed by atoms with E-state index in [9.17, 15) is 9.59 Å². The molecule has 0 saturated carbocycles. The van der Waals surface area contributed by atoms with Crippen molar-refractivity contribution in [3.63, 3.8) is 0 Å². The van der Waals surface area contributed by atoms with Crippen molar-refractivity contribution in [1.82, 2.24) is 5.32 Å². The van der Waals surface area contributed by atoms with Crippen LogP contribution in [-0.4, -0.2) is 24.5 Å². The average Bonchev–Trinajstić information content (AvgIpc) is 2.04. The van der Waals surface area contributed by atoms with Crippen LogP contribution in [0.1, 0.15) is 6.92 Å². The topological polar surface area (TPSA) is 105 Å². The van der Waals surface area contributed by atoms with Crippen LogP contribution < -0.4 is 11.1 Å². The van der Waals surface area contributed by atoms with Crippen LogP contribution >= 0.6 is 0 Å². The minimum Gasteiger partial charge on any atom is -0.464 e. The number of carbonyl (C=O) groups is 2. The van der Waals surface area contributed by atoms with E-state index >= 15 is 0 Å². The van der Waals surface area contributed by atoms with Crippen molar-refractivity contribution in [2.24, 2.45) is 5.73 Å². The van der Waals surface area contributed by atoms with Crippen LogP contribution in [0.3, 0.4) is 0 Å². The lowest BCUT2D eigenvalue weighted by molar-refractivity contribution is -0.147. The minimum absolute atomic E-state index is 0.145. The van der Waals surface area contributed by atoms with E-state index in [4.69, 9.17) is 11.0 Å². The molecular formula is C6H9N3O3. The van der Waals surface area contributed by atoms with Crippen molar-refractivity contribution in [1.29, 1.82) is 5.26 Å². The fourth-order valence-corrected chi connectivity index (χ4v) is 0.472. The van der Waals surface area contributed by atoms with Gasteiger partial charge in [0, 0.05) is 0 Å². The Morgan fingerprint density at radius 1 is 1.75 bits per heavy atom. The molecule has 12 heavy (non-hydrogen) atoms. The summed E-state index contributed by atoms with van der Waals surface area (Å²) in [6, 6.07) is -1.43. The van der Waals surface area contributed by atoms with E-state index in [2.05, 4.69) is 4.74 Å². The van der Waals surface area contributed by atoms with Crippen molar-refractivity contribution in [2.75, 3.05) is 6.61 Å². The molecule has 1 unspecified atom stereocenters. The van der Waals surface area contributed by atoms with Gasteiger partial charge < -0.3 is 10.5 Å². The van der Waals surface area contributed by atoms with Gasteiger partial charge >= 0.3 is 5.97 Å². The molecule has 0 aromatic heterocycles. The second-order valence-corrected chi connectivity index (χ2v) is 1.83. The van der Waals surface area contributed by atoms with Gasteiger partial charge in [-0.2, -0.15) is 5.26 Å².